The van der Waals surface area contributed by atoms with Gasteiger partial charge in [-0.2, -0.15) is 0 Å². The third-order valence-electron chi connectivity index (χ3n) is 5.07. The van der Waals surface area contributed by atoms with Gasteiger partial charge in [-0.05, 0) is 50.6 Å². The van der Waals surface area contributed by atoms with Gasteiger partial charge in [0.2, 0.25) is 0 Å². The monoisotopic (exact) mass is 356 g/mol. The Kier molecular flexibility index (Phi) is 5.28. The van der Waals surface area contributed by atoms with Crippen molar-refractivity contribution in [1.82, 2.24) is 10.2 Å². The van der Waals surface area contributed by atoms with E-state index >= 15 is 0 Å². The highest BCUT2D eigenvalue weighted by atomic mass is 19.1. The van der Waals surface area contributed by atoms with Crippen molar-refractivity contribution in [2.45, 2.75) is 25.3 Å². The van der Waals surface area contributed by atoms with Crippen LogP contribution in [0.25, 0.3) is 0 Å². The molecule has 1 aliphatic heterocycles. The Labute approximate surface area is 154 Å². The molecule has 1 amide bonds. The molecule has 1 fully saturated rings. The highest BCUT2D eigenvalue weighted by Crippen LogP contribution is 2.33. The van der Waals surface area contributed by atoms with Gasteiger partial charge in [-0.25, -0.2) is 4.39 Å². The minimum atomic E-state index is -0.475. The maximum atomic E-state index is 13.7. The fraction of sp³-hybridized carbons (Fsp3) is 0.381. The van der Waals surface area contributed by atoms with Crippen molar-refractivity contribution in [1.29, 1.82) is 0 Å². The standard InChI is InChI=1S/C21H25FN2O2/c1-15-12-17(22)13-18(26-3)19(15)20(25)23-21(10-7-11-24(2)14-21)16-8-5-4-6-9-16/h4-6,8-9,12-13H,7,10-11,14H2,1-3H3,(H,23,25). The average molecular weight is 356 g/mol. The van der Waals surface area contributed by atoms with Crippen LogP contribution in [0.4, 0.5) is 4.39 Å². The minimum absolute atomic E-state index is 0.237. The molecular formula is C21H25FN2O2. The molecule has 0 bridgehead atoms. The molecule has 0 radical (unpaired) electrons. The largest absolute Gasteiger partial charge is 0.496 e. The van der Waals surface area contributed by atoms with Gasteiger partial charge in [0.15, 0.2) is 0 Å². The van der Waals surface area contributed by atoms with Crippen molar-refractivity contribution >= 4 is 5.91 Å². The van der Waals surface area contributed by atoms with Crippen LogP contribution in [-0.4, -0.2) is 38.1 Å². The highest BCUT2D eigenvalue weighted by molar-refractivity contribution is 5.99. The van der Waals surface area contributed by atoms with E-state index in [-0.39, 0.29) is 11.7 Å². The maximum Gasteiger partial charge on any atom is 0.256 e. The number of piperidine rings is 1. The lowest BCUT2D eigenvalue weighted by molar-refractivity contribution is 0.0804. The van der Waals surface area contributed by atoms with Crippen LogP contribution in [0, 0.1) is 12.7 Å². The number of nitrogens with one attached hydrogen (secondary N) is 1. The summed E-state index contributed by atoms with van der Waals surface area (Å²) in [6, 6.07) is 12.7. The molecule has 0 aliphatic carbocycles. The van der Waals surface area contributed by atoms with Crippen LogP contribution in [0.1, 0.15) is 34.3 Å². The third kappa shape index (κ3) is 3.58. The maximum absolute atomic E-state index is 13.7. The van der Waals surface area contributed by atoms with Crippen LogP contribution in [0.2, 0.25) is 0 Å². The first kappa shape index (κ1) is 18.4. The number of carbonyl (C=O) groups excluding carboxylic acids is 1. The second-order valence-corrected chi connectivity index (χ2v) is 7.04. The van der Waals surface area contributed by atoms with Gasteiger partial charge in [-0.1, -0.05) is 30.3 Å². The van der Waals surface area contributed by atoms with E-state index in [0.29, 0.717) is 11.1 Å². The lowest BCUT2D eigenvalue weighted by Gasteiger charge is -2.42. The van der Waals surface area contributed by atoms with Crippen molar-refractivity contribution in [3.8, 4) is 5.75 Å². The molecule has 1 N–H and O–H groups in total. The van der Waals surface area contributed by atoms with Gasteiger partial charge in [-0.3, -0.25) is 4.79 Å². The van der Waals surface area contributed by atoms with E-state index in [2.05, 4.69) is 17.3 Å². The van der Waals surface area contributed by atoms with E-state index in [1.807, 2.05) is 30.3 Å². The van der Waals surface area contributed by atoms with Crippen molar-refractivity contribution in [3.05, 3.63) is 65.0 Å². The molecule has 4 nitrogen and oxygen atoms in total. The molecule has 1 heterocycles. The van der Waals surface area contributed by atoms with E-state index < -0.39 is 11.4 Å². The predicted octanol–water partition coefficient (Wildman–Crippen LogP) is 3.49. The van der Waals surface area contributed by atoms with Crippen LogP contribution in [0.5, 0.6) is 5.75 Å². The van der Waals surface area contributed by atoms with Crippen LogP contribution >= 0.6 is 0 Å². The first-order chi connectivity index (χ1) is 12.4. The fourth-order valence-corrected chi connectivity index (χ4v) is 3.88. The van der Waals surface area contributed by atoms with E-state index in [0.717, 1.165) is 31.5 Å². The third-order valence-corrected chi connectivity index (χ3v) is 5.07. The number of nitrogens with zero attached hydrogens (tertiary/aromatic N) is 1. The molecule has 3 rings (SSSR count). The molecule has 2 aromatic rings. The van der Waals surface area contributed by atoms with Crippen LogP contribution < -0.4 is 10.1 Å². The number of carbonyl (C=O) groups is 1. The van der Waals surface area contributed by atoms with Gasteiger partial charge in [-0.15, -0.1) is 0 Å². The van der Waals surface area contributed by atoms with Gasteiger partial charge in [0.25, 0.3) is 5.91 Å². The summed E-state index contributed by atoms with van der Waals surface area (Å²) in [5.41, 5.74) is 1.56. The number of ether oxygens (including phenoxy) is 1. The second kappa shape index (κ2) is 7.46. The van der Waals surface area contributed by atoms with Crippen LogP contribution in [0.15, 0.2) is 42.5 Å². The smallest absolute Gasteiger partial charge is 0.256 e. The normalized spacial score (nSPS) is 20.6. The van der Waals surface area contributed by atoms with Crippen molar-refractivity contribution < 1.29 is 13.9 Å². The molecule has 138 valence electrons. The summed E-state index contributed by atoms with van der Waals surface area (Å²) >= 11 is 0. The summed E-state index contributed by atoms with van der Waals surface area (Å²) in [7, 11) is 3.51. The molecular weight excluding hydrogens is 331 g/mol. The first-order valence-corrected chi connectivity index (χ1v) is 8.86. The van der Waals surface area contributed by atoms with Crippen molar-refractivity contribution in [2.75, 3.05) is 27.2 Å². The highest BCUT2D eigenvalue weighted by Gasteiger charge is 2.38. The molecule has 5 heteroatoms. The number of hydrogen-bond acceptors (Lipinski definition) is 3. The van der Waals surface area contributed by atoms with E-state index in [1.165, 1.54) is 19.2 Å². The van der Waals surface area contributed by atoms with Crippen molar-refractivity contribution in [2.24, 2.45) is 0 Å². The zero-order chi connectivity index (χ0) is 18.7. The topological polar surface area (TPSA) is 41.6 Å². The second-order valence-electron chi connectivity index (χ2n) is 7.04. The Bertz CT molecular complexity index is 794. The Morgan fingerprint density at radius 1 is 1.27 bits per heavy atom. The van der Waals surface area contributed by atoms with Gasteiger partial charge in [0.1, 0.15) is 11.6 Å². The fourth-order valence-electron chi connectivity index (χ4n) is 3.88. The number of hydrogen-bond donors (Lipinski definition) is 1. The van der Waals surface area contributed by atoms with E-state index in [4.69, 9.17) is 4.74 Å². The number of halogens is 1. The summed E-state index contributed by atoms with van der Waals surface area (Å²) < 4.78 is 19.0. The molecule has 0 spiro atoms. The molecule has 1 aliphatic rings. The zero-order valence-corrected chi connectivity index (χ0v) is 15.5. The lowest BCUT2D eigenvalue weighted by atomic mass is 9.82. The lowest BCUT2D eigenvalue weighted by Crippen LogP contribution is -2.55. The number of likely N-dealkylation sites (tertiary alicyclic amines) is 1. The summed E-state index contributed by atoms with van der Waals surface area (Å²) in [5, 5.41) is 3.25. The Morgan fingerprint density at radius 3 is 2.65 bits per heavy atom. The number of benzene rings is 2. The van der Waals surface area contributed by atoms with Gasteiger partial charge >= 0.3 is 0 Å². The molecule has 0 aromatic heterocycles. The number of likely N-dealkylation sites (N-methyl/N-ethyl adjacent to an activating group) is 1. The average Bonchev–Trinajstić information content (AvgIpc) is 2.61. The molecule has 1 saturated heterocycles. The number of rotatable bonds is 4. The number of amides is 1. The molecule has 2 aromatic carbocycles. The molecule has 26 heavy (non-hydrogen) atoms. The quantitative estimate of drug-likeness (QED) is 0.912. The Balaban J connectivity index is 1.99. The van der Waals surface area contributed by atoms with Gasteiger partial charge < -0.3 is 15.0 Å². The van der Waals surface area contributed by atoms with Crippen molar-refractivity contribution in [3.63, 3.8) is 0 Å². The Hall–Kier alpha value is -2.40. The predicted molar refractivity (Wildman–Crippen MR) is 100 cm³/mol. The SMILES string of the molecule is COc1cc(F)cc(C)c1C(=O)NC1(c2ccccc2)CCCN(C)C1. The van der Waals surface area contributed by atoms with Crippen LogP contribution in [-0.2, 0) is 5.54 Å². The summed E-state index contributed by atoms with van der Waals surface area (Å²) in [6.45, 7) is 3.46. The first-order valence-electron chi connectivity index (χ1n) is 8.86. The molecule has 1 atom stereocenters. The number of methoxy groups -OCH3 is 1. The van der Waals surface area contributed by atoms with Gasteiger partial charge in [0.05, 0.1) is 18.2 Å². The molecule has 0 saturated carbocycles. The number of aryl methyl sites for hydroxylation is 1. The van der Waals surface area contributed by atoms with Gasteiger partial charge in [0, 0.05) is 12.6 Å². The Morgan fingerprint density at radius 2 is 2.00 bits per heavy atom. The minimum Gasteiger partial charge on any atom is -0.496 e. The van der Waals surface area contributed by atoms with Crippen LogP contribution in [0.3, 0.4) is 0 Å². The van der Waals surface area contributed by atoms with E-state index in [9.17, 15) is 9.18 Å². The van der Waals surface area contributed by atoms with E-state index in [1.54, 1.807) is 6.92 Å². The molecule has 1 unspecified atom stereocenters. The summed E-state index contributed by atoms with van der Waals surface area (Å²) in [6.07, 6.45) is 1.85. The summed E-state index contributed by atoms with van der Waals surface area (Å²) in [4.78, 5) is 15.4. The zero-order valence-electron chi connectivity index (χ0n) is 15.5. The summed E-state index contributed by atoms with van der Waals surface area (Å²) in [5.74, 6) is -0.392.